The molecule has 1 saturated carbocycles. The van der Waals surface area contributed by atoms with Crippen LogP contribution in [-0.2, 0) is 22.7 Å². The molecule has 1 N–H and O–H groups in total. The highest BCUT2D eigenvalue weighted by Gasteiger charge is 2.56. The summed E-state index contributed by atoms with van der Waals surface area (Å²) in [5.74, 6) is 0.375. The van der Waals surface area contributed by atoms with Crippen molar-refractivity contribution < 1.29 is 18.8 Å². The average molecular weight is 438 g/mol. The van der Waals surface area contributed by atoms with Crippen LogP contribution >= 0.6 is 0 Å². The van der Waals surface area contributed by atoms with Gasteiger partial charge in [-0.05, 0) is 48.3 Å². The van der Waals surface area contributed by atoms with Crippen molar-refractivity contribution in [2.75, 3.05) is 6.54 Å². The third-order valence-electron chi connectivity index (χ3n) is 6.41. The Hall–Kier alpha value is -3.09. The minimum Gasteiger partial charge on any atom is -0.467 e. The van der Waals surface area contributed by atoms with E-state index in [1.54, 1.807) is 23.3 Å². The van der Waals surface area contributed by atoms with Crippen LogP contribution in [0.4, 0.5) is 4.79 Å². The zero-order valence-corrected chi connectivity index (χ0v) is 19.0. The van der Waals surface area contributed by atoms with Gasteiger partial charge in [0.05, 0.1) is 12.8 Å². The Kier molecular flexibility index (Phi) is 5.84. The van der Waals surface area contributed by atoms with Gasteiger partial charge in [-0.2, -0.15) is 0 Å². The van der Waals surface area contributed by atoms with Gasteiger partial charge >= 0.3 is 6.03 Å². The monoisotopic (exact) mass is 437 g/mol. The van der Waals surface area contributed by atoms with Gasteiger partial charge in [0.15, 0.2) is 0 Å². The molecule has 2 fully saturated rings. The molecule has 2 unspecified atom stereocenters. The molecule has 2 aromatic rings. The summed E-state index contributed by atoms with van der Waals surface area (Å²) in [6.45, 7) is 6.71. The van der Waals surface area contributed by atoms with E-state index in [0.29, 0.717) is 31.1 Å². The van der Waals surface area contributed by atoms with Crippen LogP contribution < -0.4 is 5.32 Å². The average Bonchev–Trinajstić information content (AvgIpc) is 3.29. The number of amides is 4. The van der Waals surface area contributed by atoms with E-state index < -0.39 is 11.6 Å². The van der Waals surface area contributed by atoms with E-state index in [-0.39, 0.29) is 30.3 Å². The van der Waals surface area contributed by atoms with Crippen LogP contribution in [0.25, 0.3) is 0 Å². The van der Waals surface area contributed by atoms with Gasteiger partial charge in [-0.25, -0.2) is 4.79 Å². The maximum atomic E-state index is 13.4. The number of nitrogens with one attached hydrogen (secondary N) is 1. The summed E-state index contributed by atoms with van der Waals surface area (Å²) in [5, 5.41) is 2.94. The van der Waals surface area contributed by atoms with Gasteiger partial charge in [-0.15, -0.1) is 0 Å². The fourth-order valence-electron chi connectivity index (χ4n) is 5.51. The molecule has 1 aromatic carbocycles. The molecule has 7 nitrogen and oxygen atoms in total. The first-order valence-corrected chi connectivity index (χ1v) is 11.2. The normalized spacial score (nSPS) is 24.6. The predicted octanol–water partition coefficient (Wildman–Crippen LogP) is 3.95. The Morgan fingerprint density at radius 3 is 2.53 bits per heavy atom. The Bertz CT molecular complexity index is 986. The largest absolute Gasteiger partial charge is 0.467 e. The molecule has 4 rings (SSSR count). The summed E-state index contributed by atoms with van der Waals surface area (Å²) < 4.78 is 5.44. The smallest absolute Gasteiger partial charge is 0.325 e. The van der Waals surface area contributed by atoms with E-state index in [9.17, 15) is 14.4 Å². The second-order valence-corrected chi connectivity index (χ2v) is 10.1. The zero-order valence-electron chi connectivity index (χ0n) is 19.0. The first-order chi connectivity index (χ1) is 15.2. The van der Waals surface area contributed by atoms with Crippen molar-refractivity contribution in [3.63, 3.8) is 0 Å². The number of hydrogen-bond acceptors (Lipinski definition) is 4. The number of benzene rings is 1. The lowest BCUT2D eigenvalue weighted by Crippen LogP contribution is -2.54. The summed E-state index contributed by atoms with van der Waals surface area (Å²) in [4.78, 5) is 42.2. The molecule has 0 radical (unpaired) electrons. The molecule has 1 aliphatic carbocycles. The second-order valence-electron chi connectivity index (χ2n) is 10.1. The quantitative estimate of drug-likeness (QED) is 0.694. The Morgan fingerprint density at radius 1 is 1.12 bits per heavy atom. The fourth-order valence-corrected chi connectivity index (χ4v) is 5.51. The van der Waals surface area contributed by atoms with Crippen molar-refractivity contribution >= 4 is 17.8 Å². The maximum Gasteiger partial charge on any atom is 0.325 e. The molecule has 2 atom stereocenters. The molecule has 1 aliphatic heterocycles. The van der Waals surface area contributed by atoms with Gasteiger partial charge in [-0.3, -0.25) is 14.5 Å². The van der Waals surface area contributed by atoms with E-state index in [1.165, 1.54) is 0 Å². The molecule has 2 heterocycles. The second kappa shape index (κ2) is 8.45. The SMILES string of the molecule is CC1CC(C)(C)CC2(C1)NC(=O)N(CC(=O)N(Cc1ccccc1)Cc1ccco1)C2=O. The van der Waals surface area contributed by atoms with E-state index in [2.05, 4.69) is 26.1 Å². The highest BCUT2D eigenvalue weighted by Crippen LogP contribution is 2.46. The molecule has 1 saturated heterocycles. The minimum absolute atomic E-state index is 0.0563. The zero-order chi connectivity index (χ0) is 22.9. The van der Waals surface area contributed by atoms with Gasteiger partial charge in [0.25, 0.3) is 5.91 Å². The number of imide groups is 1. The Morgan fingerprint density at radius 2 is 1.88 bits per heavy atom. The van der Waals surface area contributed by atoms with E-state index in [0.717, 1.165) is 16.9 Å². The molecular weight excluding hydrogens is 406 g/mol. The third-order valence-corrected chi connectivity index (χ3v) is 6.41. The lowest BCUT2D eigenvalue weighted by atomic mass is 9.64. The lowest BCUT2D eigenvalue weighted by molar-refractivity contribution is -0.141. The van der Waals surface area contributed by atoms with Gasteiger partial charge in [-0.1, -0.05) is 51.1 Å². The number of carbonyl (C=O) groups is 3. The molecule has 32 heavy (non-hydrogen) atoms. The van der Waals surface area contributed by atoms with Crippen LogP contribution in [0.3, 0.4) is 0 Å². The summed E-state index contributed by atoms with van der Waals surface area (Å²) in [6, 6.07) is 12.7. The highest BCUT2D eigenvalue weighted by atomic mass is 16.3. The minimum atomic E-state index is -0.913. The highest BCUT2D eigenvalue weighted by molar-refractivity contribution is 6.09. The number of nitrogens with zero attached hydrogens (tertiary/aromatic N) is 2. The van der Waals surface area contributed by atoms with Gasteiger partial charge in [0.1, 0.15) is 17.8 Å². The standard InChI is InChI=1S/C25H31N3O4/c1-18-12-24(2,3)17-25(13-18)22(30)28(23(31)26-25)16-21(29)27(15-20-10-7-11-32-20)14-19-8-5-4-6-9-19/h4-11,18H,12-17H2,1-3H3,(H,26,31). The van der Waals surface area contributed by atoms with Gasteiger partial charge in [0, 0.05) is 6.54 Å². The van der Waals surface area contributed by atoms with E-state index in [4.69, 9.17) is 4.42 Å². The molecule has 1 aromatic heterocycles. The fraction of sp³-hybridized carbons (Fsp3) is 0.480. The molecule has 0 bridgehead atoms. The van der Waals surface area contributed by atoms with Crippen molar-refractivity contribution in [2.45, 2.75) is 58.7 Å². The predicted molar refractivity (Wildman–Crippen MR) is 119 cm³/mol. The first-order valence-electron chi connectivity index (χ1n) is 11.2. The van der Waals surface area contributed by atoms with E-state index >= 15 is 0 Å². The van der Waals surface area contributed by atoms with E-state index in [1.807, 2.05) is 30.3 Å². The number of rotatable bonds is 6. The topological polar surface area (TPSA) is 82.9 Å². The Balaban J connectivity index is 1.52. The molecule has 2 aliphatic rings. The number of urea groups is 1. The molecular formula is C25H31N3O4. The van der Waals surface area contributed by atoms with Crippen LogP contribution in [0, 0.1) is 11.3 Å². The first kappa shape index (κ1) is 22.1. The molecule has 1 spiro atoms. The van der Waals surface area contributed by atoms with Crippen molar-refractivity contribution in [1.82, 2.24) is 15.1 Å². The molecule has 170 valence electrons. The lowest BCUT2D eigenvalue weighted by Gasteiger charge is -2.43. The van der Waals surface area contributed by atoms with Crippen LogP contribution in [0.2, 0.25) is 0 Å². The van der Waals surface area contributed by atoms with Crippen molar-refractivity contribution in [2.24, 2.45) is 11.3 Å². The molecule has 7 heteroatoms. The summed E-state index contributed by atoms with van der Waals surface area (Å²) in [7, 11) is 0. The van der Waals surface area contributed by atoms with Gasteiger partial charge < -0.3 is 14.6 Å². The van der Waals surface area contributed by atoms with Crippen molar-refractivity contribution in [3.05, 3.63) is 60.1 Å². The van der Waals surface area contributed by atoms with Crippen LogP contribution in [0.5, 0.6) is 0 Å². The summed E-state index contributed by atoms with van der Waals surface area (Å²) in [5.41, 5.74) is -0.00721. The van der Waals surface area contributed by atoms with Crippen molar-refractivity contribution in [3.8, 4) is 0 Å². The third kappa shape index (κ3) is 4.56. The van der Waals surface area contributed by atoms with Crippen LogP contribution in [-0.4, -0.2) is 39.7 Å². The van der Waals surface area contributed by atoms with Crippen LogP contribution in [0.15, 0.2) is 53.1 Å². The number of carbonyl (C=O) groups excluding carboxylic acids is 3. The van der Waals surface area contributed by atoms with Gasteiger partial charge in [0.2, 0.25) is 5.91 Å². The molecule has 4 amide bonds. The summed E-state index contributed by atoms with van der Waals surface area (Å²) >= 11 is 0. The number of hydrogen-bond donors (Lipinski definition) is 1. The summed E-state index contributed by atoms with van der Waals surface area (Å²) in [6.07, 6.45) is 3.75. The van der Waals surface area contributed by atoms with Crippen LogP contribution in [0.1, 0.15) is 51.4 Å². The van der Waals surface area contributed by atoms with Crippen molar-refractivity contribution in [1.29, 1.82) is 0 Å². The maximum absolute atomic E-state index is 13.4. The Labute approximate surface area is 188 Å². The number of furan rings is 1.